The summed E-state index contributed by atoms with van der Waals surface area (Å²) in [6, 6.07) is 89.8. The monoisotopic (exact) mass is 878 g/mol. The molecule has 0 N–H and O–H groups in total. The van der Waals surface area contributed by atoms with Gasteiger partial charge in [0.05, 0.1) is 11.0 Å². The van der Waals surface area contributed by atoms with E-state index in [4.69, 9.17) is 0 Å². The fourth-order valence-corrected chi connectivity index (χ4v) is 11.7. The lowest BCUT2D eigenvalue weighted by Gasteiger charge is -2.28. The minimum Gasteiger partial charge on any atom is -0.310 e. The van der Waals surface area contributed by atoms with E-state index >= 15 is 0 Å². The van der Waals surface area contributed by atoms with Crippen molar-refractivity contribution in [1.82, 2.24) is 4.57 Å². The molecule has 1 aliphatic carbocycles. The fourth-order valence-electron chi connectivity index (χ4n) is 11.7. The number of hydrogen-bond acceptors (Lipinski definition) is 1. The molecule has 0 unspecified atom stereocenters. The predicted molar refractivity (Wildman–Crippen MR) is 293 cm³/mol. The molecule has 0 saturated heterocycles. The Morgan fingerprint density at radius 1 is 0.319 bits per heavy atom. The van der Waals surface area contributed by atoms with Gasteiger partial charge in [-0.3, -0.25) is 0 Å². The van der Waals surface area contributed by atoms with Gasteiger partial charge in [0.2, 0.25) is 0 Å². The zero-order chi connectivity index (χ0) is 45.8. The highest BCUT2D eigenvalue weighted by molar-refractivity contribution is 6.33. The zero-order valence-electron chi connectivity index (χ0n) is 38.5. The molecule has 0 saturated carbocycles. The maximum Gasteiger partial charge on any atom is 0.0553 e. The van der Waals surface area contributed by atoms with Crippen LogP contribution in [0, 0.1) is 0 Å². The Hall–Kier alpha value is -8.72. The molecule has 1 heterocycles. The maximum atomic E-state index is 2.47. The molecule has 0 radical (unpaired) electrons. The van der Waals surface area contributed by atoms with Crippen molar-refractivity contribution < 1.29 is 0 Å². The Kier molecular flexibility index (Phi) is 8.66. The molecule has 13 aromatic rings. The summed E-state index contributed by atoms with van der Waals surface area (Å²) in [4.78, 5) is 2.41. The van der Waals surface area contributed by atoms with Crippen LogP contribution in [0.4, 0.5) is 17.1 Å². The minimum absolute atomic E-state index is 0.239. The molecule has 324 valence electrons. The molecular weight excluding hydrogens is 833 g/mol. The van der Waals surface area contributed by atoms with Gasteiger partial charge in [0.25, 0.3) is 0 Å². The van der Waals surface area contributed by atoms with Crippen molar-refractivity contribution in [2.75, 3.05) is 4.90 Å². The first-order valence-electron chi connectivity index (χ1n) is 24.1. The molecule has 0 atom stereocenters. The van der Waals surface area contributed by atoms with E-state index in [0.29, 0.717) is 0 Å². The third kappa shape index (κ3) is 6.12. The van der Waals surface area contributed by atoms with Gasteiger partial charge in [-0.1, -0.05) is 184 Å². The minimum atomic E-state index is -0.239. The second-order valence-corrected chi connectivity index (χ2v) is 19.3. The first-order valence-corrected chi connectivity index (χ1v) is 24.1. The summed E-state index contributed by atoms with van der Waals surface area (Å²) in [7, 11) is 0. The molecule has 1 aliphatic rings. The zero-order valence-corrected chi connectivity index (χ0v) is 38.5. The molecule has 14 rings (SSSR count). The Bertz CT molecular complexity index is 4010. The van der Waals surface area contributed by atoms with E-state index < -0.39 is 0 Å². The number of para-hydroxylation sites is 1. The predicted octanol–water partition coefficient (Wildman–Crippen LogP) is 18.5. The van der Waals surface area contributed by atoms with Crippen LogP contribution in [0.25, 0.3) is 104 Å². The molecule has 2 nitrogen and oxygen atoms in total. The number of fused-ring (bicyclic) bond motifs is 7. The number of nitrogens with zero attached hydrogens (tertiary/aromatic N) is 2. The molecule has 2 heteroatoms. The highest BCUT2D eigenvalue weighted by Gasteiger charge is 2.36. The van der Waals surface area contributed by atoms with Crippen LogP contribution in [0.5, 0.6) is 0 Å². The van der Waals surface area contributed by atoms with Gasteiger partial charge >= 0.3 is 0 Å². The van der Waals surface area contributed by atoms with Crippen molar-refractivity contribution in [1.29, 1.82) is 0 Å². The normalized spacial score (nSPS) is 12.9. The summed E-state index contributed by atoms with van der Waals surface area (Å²) in [5.41, 5.74) is 19.3. The van der Waals surface area contributed by atoms with Crippen LogP contribution in [0.2, 0.25) is 0 Å². The quantitative estimate of drug-likeness (QED) is 0.145. The standard InChI is InChI=1S/C67H46N2/c1-67(2)60-40-50(49-29-38-62-59(39-49)66-58-36-27-48-18-12-17-47-21-22-51(65(58)64(47)48)41-63(66)69(62)52-19-10-5-11-20-52)28-35-56(60)57-37-34-55(42-61(57)67)68(53-30-23-45(24-31-53)43-13-6-3-7-14-43)54-32-25-46(26-33-54)44-15-8-4-9-16-44/h3-42H,1-2H3. The Morgan fingerprint density at radius 2 is 0.826 bits per heavy atom. The Morgan fingerprint density at radius 3 is 1.48 bits per heavy atom. The molecule has 0 bridgehead atoms. The van der Waals surface area contributed by atoms with Gasteiger partial charge in [-0.25, -0.2) is 0 Å². The molecular formula is C67H46N2. The van der Waals surface area contributed by atoms with Gasteiger partial charge in [0, 0.05) is 38.9 Å². The number of hydrogen-bond donors (Lipinski definition) is 0. The van der Waals surface area contributed by atoms with E-state index in [9.17, 15) is 0 Å². The van der Waals surface area contributed by atoms with Crippen LogP contribution in [0.1, 0.15) is 25.0 Å². The third-order valence-electron chi connectivity index (χ3n) is 15.1. The van der Waals surface area contributed by atoms with Gasteiger partial charge in [0.15, 0.2) is 0 Å². The molecule has 0 aliphatic heterocycles. The third-order valence-corrected chi connectivity index (χ3v) is 15.1. The van der Waals surface area contributed by atoms with Crippen molar-refractivity contribution in [3.05, 3.63) is 254 Å². The average Bonchev–Trinajstić information content (AvgIpc) is 3.85. The molecule has 0 fully saturated rings. The number of rotatable bonds is 7. The van der Waals surface area contributed by atoms with E-state index in [0.717, 1.165) is 17.1 Å². The summed E-state index contributed by atoms with van der Waals surface area (Å²) in [6.45, 7) is 4.80. The molecule has 1 aromatic heterocycles. The second kappa shape index (κ2) is 15.2. The lowest BCUT2D eigenvalue weighted by molar-refractivity contribution is 0.660. The SMILES string of the molecule is CC1(C)c2cc(-c3ccc4c(c3)c3c5ccc6cccc7ccc(cc3n4-c3ccccc3)c5c76)ccc2-c2ccc(N(c3ccc(-c4ccccc4)cc3)c3ccc(-c4ccccc4)cc3)cc21. The van der Waals surface area contributed by atoms with Gasteiger partial charge in [-0.2, -0.15) is 0 Å². The van der Waals surface area contributed by atoms with Crippen LogP contribution in [0.3, 0.4) is 0 Å². The summed E-state index contributed by atoms with van der Waals surface area (Å²) in [6.07, 6.45) is 0. The Labute approximate surface area is 401 Å². The topological polar surface area (TPSA) is 8.17 Å². The van der Waals surface area contributed by atoms with Crippen LogP contribution in [-0.4, -0.2) is 4.57 Å². The highest BCUT2D eigenvalue weighted by Crippen LogP contribution is 2.52. The second-order valence-electron chi connectivity index (χ2n) is 19.3. The van der Waals surface area contributed by atoms with Crippen molar-refractivity contribution >= 4 is 71.2 Å². The van der Waals surface area contributed by atoms with Gasteiger partial charge < -0.3 is 9.47 Å². The summed E-state index contributed by atoms with van der Waals surface area (Å²) in [5, 5.41) is 10.4. The van der Waals surface area contributed by atoms with Crippen molar-refractivity contribution in [2.24, 2.45) is 0 Å². The summed E-state index contributed by atoms with van der Waals surface area (Å²) >= 11 is 0. The van der Waals surface area contributed by atoms with Gasteiger partial charge in [0.1, 0.15) is 0 Å². The van der Waals surface area contributed by atoms with E-state index in [1.165, 1.54) is 115 Å². The number of aromatic nitrogens is 1. The van der Waals surface area contributed by atoms with Crippen LogP contribution < -0.4 is 4.90 Å². The van der Waals surface area contributed by atoms with Crippen molar-refractivity contribution in [3.63, 3.8) is 0 Å². The maximum absolute atomic E-state index is 2.47. The smallest absolute Gasteiger partial charge is 0.0553 e. The summed E-state index contributed by atoms with van der Waals surface area (Å²) < 4.78 is 2.46. The van der Waals surface area contributed by atoms with Crippen LogP contribution in [-0.2, 0) is 5.41 Å². The fraction of sp³-hybridized carbons (Fsp3) is 0.0448. The van der Waals surface area contributed by atoms with Crippen LogP contribution in [0.15, 0.2) is 243 Å². The first-order chi connectivity index (χ1) is 34.0. The largest absolute Gasteiger partial charge is 0.310 e. The van der Waals surface area contributed by atoms with Gasteiger partial charge in [-0.05, 0) is 161 Å². The van der Waals surface area contributed by atoms with Crippen molar-refractivity contribution in [3.8, 4) is 50.2 Å². The van der Waals surface area contributed by atoms with E-state index in [1.54, 1.807) is 0 Å². The molecule has 69 heavy (non-hydrogen) atoms. The number of anilines is 3. The molecule has 0 amide bonds. The van der Waals surface area contributed by atoms with E-state index in [2.05, 4.69) is 266 Å². The average molecular weight is 879 g/mol. The van der Waals surface area contributed by atoms with Crippen molar-refractivity contribution in [2.45, 2.75) is 19.3 Å². The van der Waals surface area contributed by atoms with E-state index in [-0.39, 0.29) is 5.41 Å². The van der Waals surface area contributed by atoms with E-state index in [1.807, 2.05) is 0 Å². The highest BCUT2D eigenvalue weighted by atomic mass is 15.1. The first kappa shape index (κ1) is 39.4. The lowest BCUT2D eigenvalue weighted by Crippen LogP contribution is -2.16. The lowest BCUT2D eigenvalue weighted by atomic mass is 9.81. The molecule has 12 aromatic carbocycles. The van der Waals surface area contributed by atoms with Gasteiger partial charge in [-0.15, -0.1) is 0 Å². The van der Waals surface area contributed by atoms with Crippen LogP contribution >= 0.6 is 0 Å². The Balaban J connectivity index is 0.886. The molecule has 0 spiro atoms. The number of benzene rings is 12. The summed E-state index contributed by atoms with van der Waals surface area (Å²) in [5.74, 6) is 0.